The fourth-order valence-electron chi connectivity index (χ4n) is 3.44. The topological polar surface area (TPSA) is 88.7 Å². The second-order valence-electron chi connectivity index (χ2n) is 6.85. The van der Waals surface area contributed by atoms with Crippen LogP contribution < -0.4 is 5.56 Å². The minimum absolute atomic E-state index is 0.0258. The van der Waals surface area contributed by atoms with Crippen molar-refractivity contribution in [2.45, 2.75) is 12.5 Å². The lowest BCUT2D eigenvalue weighted by molar-refractivity contribution is 0.436. The molecule has 0 spiro atoms. The molecule has 0 aliphatic carbocycles. The number of aromatic nitrogens is 1. The Kier molecular flexibility index (Phi) is 5.14. The van der Waals surface area contributed by atoms with Crippen molar-refractivity contribution >= 4 is 50.0 Å². The minimum atomic E-state index is -3.08. The van der Waals surface area contributed by atoms with Gasteiger partial charge in [0, 0.05) is 22.0 Å². The average Bonchev–Trinajstić information content (AvgIpc) is 3.03. The second-order valence-corrected chi connectivity index (χ2v) is 9.93. The van der Waals surface area contributed by atoms with Crippen molar-refractivity contribution in [1.29, 1.82) is 0 Å². The molecule has 0 unspecified atom stereocenters. The summed E-state index contributed by atoms with van der Waals surface area (Å²) in [5.74, 6) is -0.274. The quantitative estimate of drug-likeness (QED) is 0.617. The van der Waals surface area contributed by atoms with Crippen molar-refractivity contribution in [1.82, 2.24) is 4.57 Å². The van der Waals surface area contributed by atoms with E-state index < -0.39 is 15.4 Å². The van der Waals surface area contributed by atoms with Gasteiger partial charge in [-0.25, -0.2) is 13.0 Å². The summed E-state index contributed by atoms with van der Waals surface area (Å²) in [6.45, 7) is 0. The van der Waals surface area contributed by atoms with Gasteiger partial charge in [-0.1, -0.05) is 41.4 Å². The predicted molar refractivity (Wildman–Crippen MR) is 116 cm³/mol. The van der Waals surface area contributed by atoms with Crippen molar-refractivity contribution in [3.05, 3.63) is 68.4 Å². The van der Waals surface area contributed by atoms with Gasteiger partial charge in [-0.2, -0.15) is 0 Å². The van der Waals surface area contributed by atoms with Crippen LogP contribution in [0.25, 0.3) is 16.5 Å². The van der Waals surface area contributed by atoms with Crippen molar-refractivity contribution in [2.24, 2.45) is 4.99 Å². The Balaban J connectivity index is 1.95. The Morgan fingerprint density at radius 1 is 1.14 bits per heavy atom. The van der Waals surface area contributed by atoms with Gasteiger partial charge in [0.25, 0.3) is 5.56 Å². The summed E-state index contributed by atoms with van der Waals surface area (Å²) < 4.78 is 24.5. The molecule has 2 heterocycles. The standard InChI is InChI=1S/C20H16Cl2N2O4S/c21-12-5-6-17(22)18(9-12)24-19(25)15-4-2-1-3-14(15)16(20(24)26)10-23-13-7-8-29(27,28)11-13/h1-6,9-10,13,26H,7-8,11H2/t13-/m0/s1. The molecule has 1 N–H and O–H groups in total. The fourth-order valence-corrected chi connectivity index (χ4v) is 5.45. The lowest BCUT2D eigenvalue weighted by Gasteiger charge is -2.15. The number of halogens is 2. The number of rotatable bonds is 3. The molecule has 0 amide bonds. The number of fused-ring (bicyclic) bond motifs is 1. The summed E-state index contributed by atoms with van der Waals surface area (Å²) in [6, 6.07) is 11.0. The number of aliphatic imine (C=N–C) groups is 1. The zero-order valence-electron chi connectivity index (χ0n) is 15.0. The van der Waals surface area contributed by atoms with Gasteiger partial charge in [-0.05, 0) is 30.7 Å². The normalized spacial score (nSPS) is 18.6. The lowest BCUT2D eigenvalue weighted by Crippen LogP contribution is -2.20. The zero-order valence-corrected chi connectivity index (χ0v) is 17.4. The Labute approximate surface area is 177 Å². The summed E-state index contributed by atoms with van der Waals surface area (Å²) in [5, 5.41) is 12.4. The first kappa shape index (κ1) is 19.9. The van der Waals surface area contributed by atoms with Crippen LogP contribution in [0.4, 0.5) is 0 Å². The first-order chi connectivity index (χ1) is 13.8. The van der Waals surface area contributed by atoms with Crippen LogP contribution in [0.2, 0.25) is 10.0 Å². The van der Waals surface area contributed by atoms with Crippen LogP contribution in [0, 0.1) is 0 Å². The largest absolute Gasteiger partial charge is 0.494 e. The molecule has 9 heteroatoms. The molecular weight excluding hydrogens is 435 g/mol. The molecule has 1 atom stereocenters. The van der Waals surface area contributed by atoms with E-state index in [2.05, 4.69) is 4.99 Å². The van der Waals surface area contributed by atoms with E-state index in [4.69, 9.17) is 23.2 Å². The highest BCUT2D eigenvalue weighted by molar-refractivity contribution is 7.91. The molecule has 6 nitrogen and oxygen atoms in total. The molecule has 0 saturated carbocycles. The maximum Gasteiger partial charge on any atom is 0.265 e. The molecule has 1 aliphatic heterocycles. The van der Waals surface area contributed by atoms with Crippen molar-refractivity contribution in [3.63, 3.8) is 0 Å². The molecule has 29 heavy (non-hydrogen) atoms. The van der Waals surface area contributed by atoms with Crippen LogP contribution in [0.1, 0.15) is 12.0 Å². The van der Waals surface area contributed by atoms with Crippen molar-refractivity contribution in [3.8, 4) is 11.6 Å². The average molecular weight is 451 g/mol. The summed E-state index contributed by atoms with van der Waals surface area (Å²) in [7, 11) is -3.08. The van der Waals surface area contributed by atoms with Gasteiger partial charge in [0.1, 0.15) is 0 Å². The summed E-state index contributed by atoms with van der Waals surface area (Å²) in [5.41, 5.74) is 0.0916. The van der Waals surface area contributed by atoms with Crippen LogP contribution in [0.5, 0.6) is 5.88 Å². The van der Waals surface area contributed by atoms with E-state index in [1.165, 1.54) is 18.3 Å². The summed E-state index contributed by atoms with van der Waals surface area (Å²) in [4.78, 5) is 17.5. The second kappa shape index (κ2) is 7.48. The van der Waals surface area contributed by atoms with E-state index in [-0.39, 0.29) is 34.1 Å². The SMILES string of the molecule is O=c1c2ccccc2c(C=N[C@H]2CCS(=O)(=O)C2)c(O)n1-c1cc(Cl)ccc1Cl. The van der Waals surface area contributed by atoms with Gasteiger partial charge in [-0.3, -0.25) is 9.79 Å². The minimum Gasteiger partial charge on any atom is -0.494 e. The third-order valence-electron chi connectivity index (χ3n) is 4.88. The van der Waals surface area contributed by atoms with Crippen LogP contribution in [-0.2, 0) is 9.84 Å². The van der Waals surface area contributed by atoms with E-state index in [1.54, 1.807) is 30.3 Å². The smallest absolute Gasteiger partial charge is 0.265 e. The number of nitrogens with zero attached hydrogens (tertiary/aromatic N) is 2. The number of aromatic hydroxyl groups is 1. The molecule has 1 fully saturated rings. The molecule has 1 aromatic heterocycles. The number of hydrogen-bond donors (Lipinski definition) is 1. The van der Waals surface area contributed by atoms with E-state index >= 15 is 0 Å². The molecule has 0 bridgehead atoms. The third-order valence-corrected chi connectivity index (χ3v) is 7.18. The van der Waals surface area contributed by atoms with Gasteiger partial charge in [0.05, 0.1) is 33.8 Å². The number of hydrogen-bond acceptors (Lipinski definition) is 5. The Morgan fingerprint density at radius 2 is 1.86 bits per heavy atom. The van der Waals surface area contributed by atoms with Gasteiger partial charge in [-0.15, -0.1) is 0 Å². The van der Waals surface area contributed by atoms with Crippen LogP contribution in [0.15, 0.2) is 52.3 Å². The molecule has 1 aliphatic rings. The number of pyridine rings is 1. The molecule has 4 rings (SSSR count). The highest BCUT2D eigenvalue weighted by atomic mass is 35.5. The third kappa shape index (κ3) is 3.77. The first-order valence-electron chi connectivity index (χ1n) is 8.82. The number of sulfone groups is 1. The zero-order chi connectivity index (χ0) is 20.8. The molecule has 0 radical (unpaired) electrons. The van der Waals surface area contributed by atoms with Crippen LogP contribution in [-0.4, -0.2) is 41.9 Å². The van der Waals surface area contributed by atoms with Gasteiger partial charge in [0.15, 0.2) is 9.84 Å². The molecule has 1 saturated heterocycles. The lowest BCUT2D eigenvalue weighted by atomic mass is 10.1. The van der Waals surface area contributed by atoms with E-state index in [0.29, 0.717) is 27.8 Å². The summed E-state index contributed by atoms with van der Waals surface area (Å²) >= 11 is 12.3. The highest BCUT2D eigenvalue weighted by Crippen LogP contribution is 2.30. The van der Waals surface area contributed by atoms with Gasteiger partial charge >= 0.3 is 0 Å². The Morgan fingerprint density at radius 3 is 2.55 bits per heavy atom. The van der Waals surface area contributed by atoms with Crippen molar-refractivity contribution in [2.75, 3.05) is 11.5 Å². The predicted octanol–water partition coefficient (Wildman–Crippen LogP) is 3.61. The number of benzene rings is 2. The summed E-state index contributed by atoms with van der Waals surface area (Å²) in [6.07, 6.45) is 1.86. The molecule has 150 valence electrons. The maximum absolute atomic E-state index is 13.1. The Hall–Kier alpha value is -2.35. The van der Waals surface area contributed by atoms with E-state index in [9.17, 15) is 18.3 Å². The van der Waals surface area contributed by atoms with E-state index in [1.807, 2.05) is 0 Å². The highest BCUT2D eigenvalue weighted by Gasteiger charge is 2.27. The molecular formula is C20H16Cl2N2O4S. The van der Waals surface area contributed by atoms with E-state index in [0.717, 1.165) is 4.57 Å². The fraction of sp³-hybridized carbons (Fsp3) is 0.200. The maximum atomic E-state index is 13.1. The molecule has 2 aromatic carbocycles. The van der Waals surface area contributed by atoms with Crippen LogP contribution >= 0.6 is 23.2 Å². The van der Waals surface area contributed by atoms with Gasteiger partial charge in [0.2, 0.25) is 5.88 Å². The van der Waals surface area contributed by atoms with Crippen LogP contribution in [0.3, 0.4) is 0 Å². The monoisotopic (exact) mass is 450 g/mol. The first-order valence-corrected chi connectivity index (χ1v) is 11.4. The molecule has 3 aromatic rings. The van der Waals surface area contributed by atoms with Crippen molar-refractivity contribution < 1.29 is 13.5 Å². The Bertz CT molecular complexity index is 1320. The van der Waals surface area contributed by atoms with Gasteiger partial charge < -0.3 is 5.11 Å².